The van der Waals surface area contributed by atoms with Gasteiger partial charge in [-0.15, -0.1) is 11.3 Å². The summed E-state index contributed by atoms with van der Waals surface area (Å²) in [5.41, 5.74) is 1.34. The summed E-state index contributed by atoms with van der Waals surface area (Å²) in [6, 6.07) is 0. The maximum absolute atomic E-state index is 5.35. The second-order valence-corrected chi connectivity index (χ2v) is 6.67. The smallest absolute Gasteiger partial charge is 0.107 e. The summed E-state index contributed by atoms with van der Waals surface area (Å²) >= 11 is 1.75. The van der Waals surface area contributed by atoms with Crippen molar-refractivity contribution in [3.63, 3.8) is 0 Å². The number of hydrogen-bond acceptors (Lipinski definition) is 5. The molecule has 0 bridgehead atoms. The van der Waals surface area contributed by atoms with Crippen LogP contribution in [0.1, 0.15) is 31.5 Å². The lowest BCUT2D eigenvalue weighted by Crippen LogP contribution is -2.36. The van der Waals surface area contributed by atoms with Gasteiger partial charge in [0.25, 0.3) is 0 Å². The maximum atomic E-state index is 5.35. The predicted molar refractivity (Wildman–Crippen MR) is 74.8 cm³/mol. The molecule has 0 amide bonds. The van der Waals surface area contributed by atoms with Crippen molar-refractivity contribution >= 4 is 11.3 Å². The molecule has 0 saturated carbocycles. The van der Waals surface area contributed by atoms with Crippen LogP contribution in [0, 0.1) is 0 Å². The van der Waals surface area contributed by atoms with Crippen LogP contribution in [0.3, 0.4) is 0 Å². The number of nitrogens with zero attached hydrogens (tertiary/aromatic N) is 2. The van der Waals surface area contributed by atoms with Crippen LogP contribution >= 0.6 is 11.3 Å². The fraction of sp³-hybridized carbons (Fsp3) is 0.769. The third-order valence-electron chi connectivity index (χ3n) is 2.86. The number of thiazole rings is 1. The largest absolute Gasteiger partial charge is 0.379 e. The van der Waals surface area contributed by atoms with E-state index in [9.17, 15) is 0 Å². The van der Waals surface area contributed by atoms with Gasteiger partial charge in [-0.05, 0) is 20.8 Å². The highest BCUT2D eigenvalue weighted by atomic mass is 32.1. The molecule has 18 heavy (non-hydrogen) atoms. The van der Waals surface area contributed by atoms with Crippen LogP contribution in [0.2, 0.25) is 0 Å². The highest BCUT2D eigenvalue weighted by molar-refractivity contribution is 7.09. The standard InChI is InChI=1S/C13H23N3OS/c1-13(2,3)14-8-12-15-11(10-18-12)9-16-4-6-17-7-5-16/h10,14H,4-9H2,1-3H3. The van der Waals surface area contributed by atoms with Crippen molar-refractivity contribution in [1.82, 2.24) is 15.2 Å². The molecule has 0 unspecified atom stereocenters. The van der Waals surface area contributed by atoms with Crippen LogP contribution in [-0.2, 0) is 17.8 Å². The molecule has 1 N–H and O–H groups in total. The van der Waals surface area contributed by atoms with E-state index in [0.29, 0.717) is 0 Å². The molecule has 1 aromatic rings. The molecule has 0 atom stereocenters. The van der Waals surface area contributed by atoms with Crippen molar-refractivity contribution in [3.8, 4) is 0 Å². The molecule has 0 radical (unpaired) electrons. The van der Waals surface area contributed by atoms with Crippen LogP contribution in [0.15, 0.2) is 5.38 Å². The molecular weight excluding hydrogens is 246 g/mol. The summed E-state index contributed by atoms with van der Waals surface area (Å²) in [6.07, 6.45) is 0. The second kappa shape index (κ2) is 6.10. The minimum absolute atomic E-state index is 0.149. The van der Waals surface area contributed by atoms with Gasteiger partial charge in [-0.25, -0.2) is 4.98 Å². The molecule has 1 fully saturated rings. The Bertz CT molecular complexity index is 367. The molecule has 2 rings (SSSR count). The van der Waals surface area contributed by atoms with Gasteiger partial charge in [0, 0.05) is 37.1 Å². The summed E-state index contributed by atoms with van der Waals surface area (Å²) in [5, 5.41) is 6.82. The Balaban J connectivity index is 1.82. The van der Waals surface area contributed by atoms with Gasteiger partial charge in [0.2, 0.25) is 0 Å². The van der Waals surface area contributed by atoms with Gasteiger partial charge < -0.3 is 10.1 Å². The Labute approximate surface area is 113 Å². The van der Waals surface area contributed by atoms with Gasteiger partial charge in [0.15, 0.2) is 0 Å². The zero-order valence-corrected chi connectivity index (χ0v) is 12.3. The third kappa shape index (κ3) is 4.65. The van der Waals surface area contributed by atoms with Gasteiger partial charge in [0.1, 0.15) is 5.01 Å². The van der Waals surface area contributed by atoms with E-state index in [4.69, 9.17) is 4.74 Å². The Morgan fingerprint density at radius 3 is 2.78 bits per heavy atom. The van der Waals surface area contributed by atoms with Crippen molar-refractivity contribution in [2.45, 2.75) is 39.4 Å². The molecule has 1 saturated heterocycles. The third-order valence-corrected chi connectivity index (χ3v) is 3.76. The fourth-order valence-corrected chi connectivity index (χ4v) is 2.56. The first-order valence-electron chi connectivity index (χ1n) is 6.51. The van der Waals surface area contributed by atoms with Crippen LogP contribution in [0.25, 0.3) is 0 Å². The van der Waals surface area contributed by atoms with Gasteiger partial charge in [-0.2, -0.15) is 0 Å². The summed E-state index contributed by atoms with van der Waals surface area (Å²) in [6.45, 7) is 12.1. The average molecular weight is 269 g/mol. The van der Waals surface area contributed by atoms with Crippen molar-refractivity contribution in [2.24, 2.45) is 0 Å². The first kappa shape index (κ1) is 13.9. The fourth-order valence-electron chi connectivity index (χ4n) is 1.83. The molecule has 0 aromatic carbocycles. The topological polar surface area (TPSA) is 37.4 Å². The van der Waals surface area contributed by atoms with E-state index in [2.05, 4.69) is 41.4 Å². The normalized spacial score (nSPS) is 18.2. The van der Waals surface area contributed by atoms with Gasteiger partial charge in [-0.1, -0.05) is 0 Å². The molecule has 0 aliphatic carbocycles. The average Bonchev–Trinajstić information content (AvgIpc) is 2.75. The lowest BCUT2D eigenvalue weighted by Gasteiger charge is -2.25. The molecule has 1 aromatic heterocycles. The summed E-state index contributed by atoms with van der Waals surface area (Å²) < 4.78 is 5.35. The van der Waals surface area contributed by atoms with Crippen LogP contribution < -0.4 is 5.32 Å². The van der Waals surface area contributed by atoms with E-state index >= 15 is 0 Å². The Morgan fingerprint density at radius 2 is 2.11 bits per heavy atom. The Morgan fingerprint density at radius 1 is 1.39 bits per heavy atom. The highest BCUT2D eigenvalue weighted by Gasteiger charge is 2.13. The number of morpholine rings is 1. The SMILES string of the molecule is CC(C)(C)NCc1nc(CN2CCOCC2)cs1. The van der Waals surface area contributed by atoms with Crippen LogP contribution in [-0.4, -0.2) is 41.7 Å². The van der Waals surface area contributed by atoms with Crippen molar-refractivity contribution in [3.05, 3.63) is 16.1 Å². The van der Waals surface area contributed by atoms with Gasteiger partial charge >= 0.3 is 0 Å². The highest BCUT2D eigenvalue weighted by Crippen LogP contribution is 2.13. The van der Waals surface area contributed by atoms with Crippen LogP contribution in [0.5, 0.6) is 0 Å². The van der Waals surface area contributed by atoms with E-state index < -0.39 is 0 Å². The van der Waals surface area contributed by atoms with Crippen LogP contribution in [0.4, 0.5) is 0 Å². The molecule has 5 heteroatoms. The van der Waals surface area contributed by atoms with E-state index in [1.807, 2.05) is 0 Å². The molecule has 1 aliphatic heterocycles. The Hall–Kier alpha value is -0.490. The summed E-state index contributed by atoms with van der Waals surface area (Å²) in [5.74, 6) is 0. The number of nitrogens with one attached hydrogen (secondary N) is 1. The van der Waals surface area contributed by atoms with Crippen molar-refractivity contribution in [1.29, 1.82) is 0 Å². The summed E-state index contributed by atoms with van der Waals surface area (Å²) in [4.78, 5) is 7.08. The minimum atomic E-state index is 0.149. The quantitative estimate of drug-likeness (QED) is 0.905. The zero-order valence-electron chi connectivity index (χ0n) is 11.5. The molecule has 102 valence electrons. The molecule has 2 heterocycles. The number of hydrogen-bond donors (Lipinski definition) is 1. The van der Waals surface area contributed by atoms with E-state index in [-0.39, 0.29) is 5.54 Å². The van der Waals surface area contributed by atoms with Crippen molar-refractivity contribution in [2.75, 3.05) is 26.3 Å². The lowest BCUT2D eigenvalue weighted by atomic mass is 10.1. The van der Waals surface area contributed by atoms with E-state index in [0.717, 1.165) is 39.4 Å². The molecule has 4 nitrogen and oxygen atoms in total. The van der Waals surface area contributed by atoms with Crippen molar-refractivity contribution < 1.29 is 4.74 Å². The zero-order chi connectivity index (χ0) is 13.0. The maximum Gasteiger partial charge on any atom is 0.107 e. The first-order chi connectivity index (χ1) is 8.53. The minimum Gasteiger partial charge on any atom is -0.379 e. The van der Waals surface area contributed by atoms with E-state index in [1.54, 1.807) is 11.3 Å². The van der Waals surface area contributed by atoms with E-state index in [1.165, 1.54) is 10.7 Å². The number of ether oxygens (including phenoxy) is 1. The lowest BCUT2D eigenvalue weighted by molar-refractivity contribution is 0.0337. The van der Waals surface area contributed by atoms with Gasteiger partial charge in [-0.3, -0.25) is 4.90 Å². The second-order valence-electron chi connectivity index (χ2n) is 5.72. The predicted octanol–water partition coefficient (Wildman–Crippen LogP) is 1.86. The molecular formula is C13H23N3OS. The number of aromatic nitrogens is 1. The monoisotopic (exact) mass is 269 g/mol. The Kier molecular flexibility index (Phi) is 4.72. The number of rotatable bonds is 4. The van der Waals surface area contributed by atoms with Gasteiger partial charge in [0.05, 0.1) is 18.9 Å². The molecule has 0 spiro atoms. The first-order valence-corrected chi connectivity index (χ1v) is 7.39. The molecule has 1 aliphatic rings. The summed E-state index contributed by atoms with van der Waals surface area (Å²) in [7, 11) is 0.